The molecule has 1 aliphatic rings. The van der Waals surface area contributed by atoms with Gasteiger partial charge in [-0.15, -0.1) is 0 Å². The van der Waals surface area contributed by atoms with Crippen LogP contribution in [-0.2, 0) is 19.4 Å². The van der Waals surface area contributed by atoms with E-state index in [-0.39, 0.29) is 5.75 Å². The van der Waals surface area contributed by atoms with Gasteiger partial charge in [-0.1, -0.05) is 47.5 Å². The highest BCUT2D eigenvalue weighted by Gasteiger charge is 2.18. The number of aromatic hydroxyl groups is 1. The second-order valence-electron chi connectivity index (χ2n) is 5.48. The summed E-state index contributed by atoms with van der Waals surface area (Å²) in [7, 11) is 0. The van der Waals surface area contributed by atoms with Crippen molar-refractivity contribution in [3.63, 3.8) is 0 Å². The van der Waals surface area contributed by atoms with Gasteiger partial charge in [0.2, 0.25) is 0 Å². The van der Waals surface area contributed by atoms with Crippen LogP contribution in [0.2, 0.25) is 10.0 Å². The van der Waals surface area contributed by atoms with Gasteiger partial charge in [0.1, 0.15) is 5.75 Å². The largest absolute Gasteiger partial charge is 0.506 e. The van der Waals surface area contributed by atoms with Gasteiger partial charge in [-0.05, 0) is 42.5 Å². The first-order valence-electron chi connectivity index (χ1n) is 7.10. The average molecular weight is 322 g/mol. The molecule has 2 aromatic rings. The molecular weight excluding hydrogens is 305 g/mol. The van der Waals surface area contributed by atoms with E-state index in [1.807, 2.05) is 0 Å². The zero-order valence-corrected chi connectivity index (χ0v) is 13.1. The molecule has 4 heteroatoms. The monoisotopic (exact) mass is 321 g/mol. The first-order chi connectivity index (χ1) is 10.1. The van der Waals surface area contributed by atoms with E-state index in [9.17, 15) is 5.11 Å². The van der Waals surface area contributed by atoms with Gasteiger partial charge in [0.15, 0.2) is 0 Å². The molecule has 110 valence electrons. The number of rotatable bonds is 3. The summed E-state index contributed by atoms with van der Waals surface area (Å²) in [6, 6.07) is 12.3. The van der Waals surface area contributed by atoms with Crippen molar-refractivity contribution in [2.24, 2.45) is 0 Å². The predicted octanol–water partition coefficient (Wildman–Crippen LogP) is 4.35. The first-order valence-corrected chi connectivity index (χ1v) is 7.86. The number of phenolic OH excluding ortho intramolecular Hbond substituents is 1. The highest BCUT2D eigenvalue weighted by atomic mass is 35.5. The van der Waals surface area contributed by atoms with Gasteiger partial charge in [-0.25, -0.2) is 0 Å². The van der Waals surface area contributed by atoms with E-state index in [0.717, 1.165) is 24.8 Å². The number of benzene rings is 2. The van der Waals surface area contributed by atoms with Crippen LogP contribution in [0, 0.1) is 0 Å². The molecule has 0 fully saturated rings. The molecule has 1 unspecified atom stereocenters. The zero-order valence-electron chi connectivity index (χ0n) is 11.6. The van der Waals surface area contributed by atoms with Crippen LogP contribution < -0.4 is 5.32 Å². The molecule has 0 saturated heterocycles. The molecule has 2 nitrogen and oxygen atoms in total. The van der Waals surface area contributed by atoms with Crippen LogP contribution >= 0.6 is 23.2 Å². The Labute approximate surface area is 134 Å². The number of halogens is 2. The van der Waals surface area contributed by atoms with Crippen LogP contribution in [0.3, 0.4) is 0 Å². The lowest BCUT2D eigenvalue weighted by atomic mass is 9.88. The van der Waals surface area contributed by atoms with E-state index in [1.54, 1.807) is 12.1 Å². The fourth-order valence-corrected chi connectivity index (χ4v) is 3.42. The van der Waals surface area contributed by atoms with E-state index in [2.05, 4.69) is 29.6 Å². The summed E-state index contributed by atoms with van der Waals surface area (Å²) in [5.41, 5.74) is 3.60. The van der Waals surface area contributed by atoms with Gasteiger partial charge in [0.25, 0.3) is 0 Å². The molecule has 0 amide bonds. The van der Waals surface area contributed by atoms with E-state index >= 15 is 0 Å². The third kappa shape index (κ3) is 3.34. The average Bonchev–Trinajstić information content (AvgIpc) is 2.49. The normalized spacial score (nSPS) is 17.5. The number of fused-ring (bicyclic) bond motifs is 1. The summed E-state index contributed by atoms with van der Waals surface area (Å²) in [6.07, 6.45) is 3.22. The standard InChI is InChI=1S/C17H17Cl2NO/c18-14-7-13(17(21)16(19)9-14)10-20-15-6-5-11-3-1-2-4-12(11)8-15/h1-4,7,9,15,20-21H,5-6,8,10H2. The molecule has 0 aromatic heterocycles. The molecule has 2 N–H and O–H groups in total. The van der Waals surface area contributed by atoms with Crippen LogP contribution in [0.15, 0.2) is 36.4 Å². The predicted molar refractivity (Wildman–Crippen MR) is 87.2 cm³/mol. The summed E-state index contributed by atoms with van der Waals surface area (Å²) >= 11 is 11.9. The third-order valence-electron chi connectivity index (χ3n) is 4.04. The lowest BCUT2D eigenvalue weighted by Crippen LogP contribution is -2.34. The Bertz CT molecular complexity index is 657. The molecule has 0 heterocycles. The van der Waals surface area contributed by atoms with Crippen molar-refractivity contribution in [2.75, 3.05) is 0 Å². The Morgan fingerprint density at radius 2 is 1.90 bits per heavy atom. The molecule has 0 aliphatic heterocycles. The molecule has 1 aliphatic carbocycles. The topological polar surface area (TPSA) is 32.3 Å². The molecule has 1 atom stereocenters. The van der Waals surface area contributed by atoms with Crippen LogP contribution in [0.1, 0.15) is 23.1 Å². The highest BCUT2D eigenvalue weighted by molar-refractivity contribution is 6.35. The number of nitrogens with one attached hydrogen (secondary N) is 1. The van der Waals surface area contributed by atoms with E-state index in [1.165, 1.54) is 11.1 Å². The second kappa shape index (κ2) is 6.27. The Morgan fingerprint density at radius 1 is 1.14 bits per heavy atom. The van der Waals surface area contributed by atoms with Crippen molar-refractivity contribution in [3.05, 3.63) is 63.1 Å². The number of phenols is 1. The Balaban J connectivity index is 1.67. The van der Waals surface area contributed by atoms with Gasteiger partial charge in [0, 0.05) is 23.2 Å². The van der Waals surface area contributed by atoms with Crippen molar-refractivity contribution >= 4 is 23.2 Å². The summed E-state index contributed by atoms with van der Waals surface area (Å²) in [6.45, 7) is 0.568. The molecule has 0 radical (unpaired) electrons. The summed E-state index contributed by atoms with van der Waals surface area (Å²) in [5.74, 6) is 0.116. The van der Waals surface area contributed by atoms with E-state index in [4.69, 9.17) is 23.2 Å². The quantitative estimate of drug-likeness (QED) is 0.881. The van der Waals surface area contributed by atoms with Crippen LogP contribution in [0.4, 0.5) is 0 Å². The number of hydrogen-bond acceptors (Lipinski definition) is 2. The molecule has 0 bridgehead atoms. The van der Waals surface area contributed by atoms with E-state index < -0.39 is 0 Å². The molecule has 0 spiro atoms. The maximum atomic E-state index is 9.98. The van der Waals surface area contributed by atoms with E-state index in [0.29, 0.717) is 22.6 Å². The molecule has 21 heavy (non-hydrogen) atoms. The van der Waals surface area contributed by atoms with Gasteiger partial charge < -0.3 is 10.4 Å². The number of aryl methyl sites for hydroxylation is 1. The fourth-order valence-electron chi connectivity index (χ4n) is 2.88. The first kappa shape index (κ1) is 14.7. The summed E-state index contributed by atoms with van der Waals surface area (Å²) in [4.78, 5) is 0. The maximum Gasteiger partial charge on any atom is 0.138 e. The third-order valence-corrected chi connectivity index (χ3v) is 4.54. The molecule has 0 saturated carbocycles. The van der Waals surface area contributed by atoms with Crippen molar-refractivity contribution < 1.29 is 5.11 Å². The summed E-state index contributed by atoms with van der Waals surface area (Å²) < 4.78 is 0. The SMILES string of the molecule is Oc1c(Cl)cc(Cl)cc1CNC1CCc2ccccc2C1. The fraction of sp³-hybridized carbons (Fsp3) is 0.294. The van der Waals surface area contributed by atoms with Gasteiger partial charge in [0.05, 0.1) is 5.02 Å². The van der Waals surface area contributed by atoms with Crippen molar-refractivity contribution in [3.8, 4) is 5.75 Å². The highest BCUT2D eigenvalue weighted by Crippen LogP contribution is 2.31. The van der Waals surface area contributed by atoms with Crippen molar-refractivity contribution in [1.29, 1.82) is 0 Å². The Hall–Kier alpha value is -1.22. The van der Waals surface area contributed by atoms with Crippen LogP contribution in [0.25, 0.3) is 0 Å². The lowest BCUT2D eigenvalue weighted by Gasteiger charge is -2.25. The van der Waals surface area contributed by atoms with Crippen molar-refractivity contribution in [2.45, 2.75) is 31.8 Å². The van der Waals surface area contributed by atoms with Gasteiger partial charge in [-0.3, -0.25) is 0 Å². The van der Waals surface area contributed by atoms with Crippen LogP contribution in [0.5, 0.6) is 5.75 Å². The van der Waals surface area contributed by atoms with Crippen molar-refractivity contribution in [1.82, 2.24) is 5.32 Å². The van der Waals surface area contributed by atoms with Crippen LogP contribution in [-0.4, -0.2) is 11.1 Å². The minimum absolute atomic E-state index is 0.116. The summed E-state index contributed by atoms with van der Waals surface area (Å²) in [5, 5.41) is 14.3. The molecule has 2 aromatic carbocycles. The molecule has 3 rings (SSSR count). The second-order valence-corrected chi connectivity index (χ2v) is 6.33. The zero-order chi connectivity index (χ0) is 14.8. The lowest BCUT2D eigenvalue weighted by molar-refractivity contribution is 0.437. The Kier molecular flexibility index (Phi) is 4.39. The Morgan fingerprint density at radius 3 is 2.71 bits per heavy atom. The smallest absolute Gasteiger partial charge is 0.138 e. The van der Waals surface area contributed by atoms with Gasteiger partial charge in [-0.2, -0.15) is 0 Å². The maximum absolute atomic E-state index is 9.98. The molecular formula is C17H17Cl2NO. The minimum Gasteiger partial charge on any atom is -0.506 e. The number of hydrogen-bond donors (Lipinski definition) is 2. The van der Waals surface area contributed by atoms with Gasteiger partial charge >= 0.3 is 0 Å². The minimum atomic E-state index is 0.116.